The van der Waals surface area contributed by atoms with Crippen LogP contribution in [0.5, 0.6) is 0 Å². The molecule has 106 valence electrons. The van der Waals surface area contributed by atoms with Gasteiger partial charge in [-0.25, -0.2) is 4.79 Å². The molecule has 0 saturated carbocycles. The summed E-state index contributed by atoms with van der Waals surface area (Å²) in [6.07, 6.45) is 0.677. The molecule has 20 heavy (non-hydrogen) atoms. The van der Waals surface area contributed by atoms with E-state index < -0.39 is 5.97 Å². The van der Waals surface area contributed by atoms with Gasteiger partial charge in [0.1, 0.15) is 0 Å². The summed E-state index contributed by atoms with van der Waals surface area (Å²) in [5.41, 5.74) is 1.37. The molecule has 1 atom stereocenters. The first-order valence-corrected chi connectivity index (χ1v) is 6.68. The van der Waals surface area contributed by atoms with Crippen molar-refractivity contribution < 1.29 is 14.3 Å². The number of rotatable bonds is 4. The van der Waals surface area contributed by atoms with Gasteiger partial charge in [-0.15, -0.1) is 0 Å². The van der Waals surface area contributed by atoms with Gasteiger partial charge in [0.15, 0.2) is 5.58 Å². The summed E-state index contributed by atoms with van der Waals surface area (Å²) in [4.78, 5) is 24.8. The molecule has 1 N–H and O–H groups in total. The summed E-state index contributed by atoms with van der Waals surface area (Å²) in [7, 11) is 0. The molecule has 6 nitrogen and oxygen atoms in total. The fourth-order valence-electron chi connectivity index (χ4n) is 2.70. The first-order chi connectivity index (χ1) is 9.65. The zero-order valence-electron chi connectivity index (χ0n) is 11.0. The summed E-state index contributed by atoms with van der Waals surface area (Å²) < 4.78 is 6.77. The van der Waals surface area contributed by atoms with E-state index >= 15 is 0 Å². The van der Waals surface area contributed by atoms with Crippen LogP contribution in [0.3, 0.4) is 0 Å². The van der Waals surface area contributed by atoms with Gasteiger partial charge in [-0.3, -0.25) is 9.36 Å². The van der Waals surface area contributed by atoms with Gasteiger partial charge in [-0.2, -0.15) is 0 Å². The van der Waals surface area contributed by atoms with Crippen molar-refractivity contribution in [2.24, 2.45) is 5.92 Å². The molecule has 0 spiro atoms. The normalized spacial score (nSPS) is 19.7. The Bertz CT molecular complexity index is 688. The molecule has 1 fully saturated rings. The molecule has 1 unspecified atom stereocenters. The van der Waals surface area contributed by atoms with E-state index in [9.17, 15) is 9.59 Å². The summed E-state index contributed by atoms with van der Waals surface area (Å²) >= 11 is 0. The maximum Gasteiger partial charge on any atom is 0.419 e. The molecule has 1 aromatic heterocycles. The van der Waals surface area contributed by atoms with Gasteiger partial charge in [0, 0.05) is 19.6 Å². The van der Waals surface area contributed by atoms with Crippen LogP contribution in [-0.2, 0) is 11.3 Å². The van der Waals surface area contributed by atoms with Crippen LogP contribution in [0.25, 0.3) is 11.1 Å². The molecular formula is C14H16N2O4. The Morgan fingerprint density at radius 1 is 1.35 bits per heavy atom. The van der Waals surface area contributed by atoms with Gasteiger partial charge in [0.25, 0.3) is 0 Å². The van der Waals surface area contributed by atoms with E-state index in [1.807, 2.05) is 18.2 Å². The van der Waals surface area contributed by atoms with Gasteiger partial charge in [0.2, 0.25) is 0 Å². The maximum absolute atomic E-state index is 11.8. The Balaban J connectivity index is 1.70. The predicted octanol–water partition coefficient (Wildman–Crippen LogP) is 1.00. The summed E-state index contributed by atoms with van der Waals surface area (Å²) in [6.45, 7) is 2.50. The molecule has 6 heteroatoms. The van der Waals surface area contributed by atoms with Crippen LogP contribution in [0, 0.1) is 5.92 Å². The van der Waals surface area contributed by atoms with Crippen LogP contribution < -0.4 is 5.76 Å². The fourth-order valence-corrected chi connectivity index (χ4v) is 2.70. The van der Waals surface area contributed by atoms with Crippen molar-refractivity contribution in [1.29, 1.82) is 0 Å². The highest BCUT2D eigenvalue weighted by molar-refractivity contribution is 5.72. The van der Waals surface area contributed by atoms with E-state index in [0.717, 1.165) is 12.1 Å². The van der Waals surface area contributed by atoms with Crippen molar-refractivity contribution in [1.82, 2.24) is 9.47 Å². The van der Waals surface area contributed by atoms with Crippen molar-refractivity contribution in [2.45, 2.75) is 13.0 Å². The van der Waals surface area contributed by atoms with E-state index in [-0.39, 0.29) is 11.7 Å². The minimum absolute atomic E-state index is 0.284. The Morgan fingerprint density at radius 2 is 2.15 bits per heavy atom. The lowest BCUT2D eigenvalue weighted by Crippen LogP contribution is -2.29. The second-order valence-corrected chi connectivity index (χ2v) is 5.11. The zero-order valence-corrected chi connectivity index (χ0v) is 11.0. The minimum atomic E-state index is -0.738. The highest BCUT2D eigenvalue weighted by atomic mass is 16.4. The molecule has 2 heterocycles. The number of carboxylic acid groups (broad SMARTS) is 1. The van der Waals surface area contributed by atoms with Crippen LogP contribution >= 0.6 is 0 Å². The van der Waals surface area contributed by atoms with Gasteiger partial charge in [-0.1, -0.05) is 12.1 Å². The number of aliphatic carboxylic acids is 1. The molecular weight excluding hydrogens is 260 g/mol. The summed E-state index contributed by atoms with van der Waals surface area (Å²) in [5.74, 6) is -1.38. The van der Waals surface area contributed by atoms with Crippen LogP contribution in [0.1, 0.15) is 6.42 Å². The van der Waals surface area contributed by atoms with Crippen molar-refractivity contribution in [3.05, 3.63) is 34.8 Å². The second-order valence-electron chi connectivity index (χ2n) is 5.11. The van der Waals surface area contributed by atoms with E-state index in [1.165, 1.54) is 0 Å². The Kier molecular flexibility index (Phi) is 3.31. The average molecular weight is 276 g/mol. The van der Waals surface area contributed by atoms with Gasteiger partial charge < -0.3 is 14.4 Å². The number of aromatic nitrogens is 1. The number of para-hydroxylation sites is 2. The van der Waals surface area contributed by atoms with Crippen LogP contribution in [0.2, 0.25) is 0 Å². The largest absolute Gasteiger partial charge is 0.481 e. The lowest BCUT2D eigenvalue weighted by Gasteiger charge is -2.14. The molecule has 2 aromatic rings. The molecule has 0 aliphatic carbocycles. The van der Waals surface area contributed by atoms with Crippen LogP contribution in [0.15, 0.2) is 33.5 Å². The third kappa shape index (κ3) is 2.34. The molecule has 1 aliphatic rings. The minimum Gasteiger partial charge on any atom is -0.481 e. The standard InChI is InChI=1S/C14H16N2O4/c17-13(18)10-5-6-15(9-10)7-8-16-11-3-1-2-4-12(11)20-14(16)19/h1-4,10H,5-9H2,(H,17,18). The van der Waals surface area contributed by atoms with Crippen molar-refractivity contribution >= 4 is 17.1 Å². The van der Waals surface area contributed by atoms with Crippen molar-refractivity contribution in [3.8, 4) is 0 Å². The van der Waals surface area contributed by atoms with E-state index in [2.05, 4.69) is 4.90 Å². The smallest absolute Gasteiger partial charge is 0.419 e. The number of fused-ring (bicyclic) bond motifs is 1. The molecule has 0 bridgehead atoms. The van der Waals surface area contributed by atoms with E-state index in [1.54, 1.807) is 10.6 Å². The predicted molar refractivity (Wildman–Crippen MR) is 72.7 cm³/mol. The number of carbonyl (C=O) groups is 1. The number of nitrogens with zero attached hydrogens (tertiary/aromatic N) is 2. The lowest BCUT2D eigenvalue weighted by atomic mass is 10.1. The van der Waals surface area contributed by atoms with Crippen LogP contribution in [0.4, 0.5) is 0 Å². The Hall–Kier alpha value is -2.08. The van der Waals surface area contributed by atoms with E-state index in [4.69, 9.17) is 9.52 Å². The number of benzene rings is 1. The monoisotopic (exact) mass is 276 g/mol. The molecule has 0 amide bonds. The SMILES string of the molecule is O=C(O)C1CCN(CCn2c(=O)oc3ccccc32)C1. The number of oxazole rings is 1. The van der Waals surface area contributed by atoms with Crippen molar-refractivity contribution in [2.75, 3.05) is 19.6 Å². The first-order valence-electron chi connectivity index (χ1n) is 6.68. The van der Waals surface area contributed by atoms with Crippen LogP contribution in [-0.4, -0.2) is 40.2 Å². The Labute approximate surface area is 115 Å². The van der Waals surface area contributed by atoms with Gasteiger partial charge in [0.05, 0.1) is 11.4 Å². The number of hydrogen-bond donors (Lipinski definition) is 1. The third-order valence-corrected chi connectivity index (χ3v) is 3.84. The number of hydrogen-bond acceptors (Lipinski definition) is 4. The molecule has 3 rings (SSSR count). The lowest BCUT2D eigenvalue weighted by molar-refractivity contribution is -0.141. The molecule has 1 aromatic carbocycles. The van der Waals surface area contributed by atoms with Gasteiger partial charge in [-0.05, 0) is 25.1 Å². The highest BCUT2D eigenvalue weighted by Crippen LogP contribution is 2.17. The second kappa shape index (κ2) is 5.13. The first kappa shape index (κ1) is 12.9. The average Bonchev–Trinajstić information content (AvgIpc) is 3.00. The van der Waals surface area contributed by atoms with E-state index in [0.29, 0.717) is 31.6 Å². The Morgan fingerprint density at radius 3 is 2.90 bits per heavy atom. The molecule has 1 saturated heterocycles. The molecule has 1 aliphatic heterocycles. The number of carboxylic acids is 1. The topological polar surface area (TPSA) is 75.7 Å². The summed E-state index contributed by atoms with van der Waals surface area (Å²) in [6, 6.07) is 7.31. The zero-order chi connectivity index (χ0) is 14.1. The summed E-state index contributed by atoms with van der Waals surface area (Å²) in [5, 5.41) is 8.97. The maximum atomic E-state index is 11.8. The third-order valence-electron chi connectivity index (χ3n) is 3.84. The quantitative estimate of drug-likeness (QED) is 0.901. The highest BCUT2D eigenvalue weighted by Gasteiger charge is 2.27. The fraction of sp³-hybridized carbons (Fsp3) is 0.429. The number of likely N-dealkylation sites (tertiary alicyclic amines) is 1. The van der Waals surface area contributed by atoms with Crippen molar-refractivity contribution in [3.63, 3.8) is 0 Å². The molecule has 0 radical (unpaired) electrons. The van der Waals surface area contributed by atoms with Gasteiger partial charge >= 0.3 is 11.7 Å².